The molecule has 4 rings (SSSR count). The molecule has 32 heavy (non-hydrogen) atoms. The molecule has 1 saturated heterocycles. The highest BCUT2D eigenvalue weighted by molar-refractivity contribution is 6.32. The molecule has 3 aromatic rings. The Hall–Kier alpha value is -3.10. The quantitative estimate of drug-likeness (QED) is 0.539. The minimum absolute atomic E-state index is 0.396. The van der Waals surface area contributed by atoms with Crippen molar-refractivity contribution >= 4 is 40.6 Å². The molecular formula is C23H28ClN7O. The van der Waals surface area contributed by atoms with Crippen molar-refractivity contribution in [1.82, 2.24) is 19.9 Å². The first-order valence-electron chi connectivity index (χ1n) is 10.6. The maximum Gasteiger partial charge on any atom is 0.239 e. The molecule has 0 unspecified atom stereocenters. The molecule has 0 bridgehead atoms. The van der Waals surface area contributed by atoms with Crippen molar-refractivity contribution in [3.63, 3.8) is 0 Å². The Morgan fingerprint density at radius 1 is 1.03 bits per heavy atom. The van der Waals surface area contributed by atoms with E-state index in [2.05, 4.69) is 44.5 Å². The SMILES string of the molecule is COc1nc(N2CCC(N(C)C)CC2)ccc1Nc1ncc(Cl)c(Nc2ccccc2)n1. The summed E-state index contributed by atoms with van der Waals surface area (Å²) < 4.78 is 5.55. The highest BCUT2D eigenvalue weighted by Crippen LogP contribution is 2.30. The predicted molar refractivity (Wildman–Crippen MR) is 130 cm³/mol. The minimum atomic E-state index is 0.396. The largest absolute Gasteiger partial charge is 0.479 e. The molecule has 0 spiro atoms. The molecule has 1 aromatic carbocycles. The van der Waals surface area contributed by atoms with Gasteiger partial charge in [0.05, 0.1) is 13.3 Å². The van der Waals surface area contributed by atoms with Crippen LogP contribution < -0.4 is 20.3 Å². The summed E-state index contributed by atoms with van der Waals surface area (Å²) in [6.07, 6.45) is 3.80. The van der Waals surface area contributed by atoms with Gasteiger partial charge in [0.25, 0.3) is 0 Å². The third-order valence-electron chi connectivity index (χ3n) is 5.58. The molecule has 9 heteroatoms. The van der Waals surface area contributed by atoms with Gasteiger partial charge in [-0.3, -0.25) is 0 Å². The van der Waals surface area contributed by atoms with Crippen LogP contribution in [0.3, 0.4) is 0 Å². The molecule has 0 aliphatic carbocycles. The summed E-state index contributed by atoms with van der Waals surface area (Å²) in [4.78, 5) is 18.1. The average molecular weight is 454 g/mol. The van der Waals surface area contributed by atoms with Crippen LogP contribution >= 0.6 is 11.6 Å². The van der Waals surface area contributed by atoms with E-state index in [0.717, 1.165) is 37.4 Å². The number of para-hydroxylation sites is 1. The number of rotatable bonds is 7. The Morgan fingerprint density at radius 2 is 1.78 bits per heavy atom. The zero-order valence-electron chi connectivity index (χ0n) is 18.5. The summed E-state index contributed by atoms with van der Waals surface area (Å²) in [7, 11) is 5.89. The third-order valence-corrected chi connectivity index (χ3v) is 5.86. The highest BCUT2D eigenvalue weighted by atomic mass is 35.5. The number of halogens is 1. The molecule has 2 aromatic heterocycles. The van der Waals surface area contributed by atoms with E-state index in [-0.39, 0.29) is 0 Å². The number of nitrogens with one attached hydrogen (secondary N) is 2. The number of methoxy groups -OCH3 is 1. The Labute approximate surface area is 193 Å². The number of aromatic nitrogens is 3. The van der Waals surface area contributed by atoms with Crippen LogP contribution in [0.25, 0.3) is 0 Å². The van der Waals surface area contributed by atoms with Gasteiger partial charge in [0.2, 0.25) is 11.8 Å². The van der Waals surface area contributed by atoms with Gasteiger partial charge in [-0.15, -0.1) is 0 Å². The van der Waals surface area contributed by atoms with Crippen molar-refractivity contribution in [2.75, 3.05) is 49.8 Å². The predicted octanol–water partition coefficient (Wildman–Crippen LogP) is 4.55. The van der Waals surface area contributed by atoms with Gasteiger partial charge in [0, 0.05) is 24.8 Å². The topological polar surface area (TPSA) is 78.4 Å². The van der Waals surface area contributed by atoms with Gasteiger partial charge in [0.15, 0.2) is 5.82 Å². The maximum atomic E-state index is 6.28. The lowest BCUT2D eigenvalue weighted by atomic mass is 10.0. The number of piperidine rings is 1. The van der Waals surface area contributed by atoms with Crippen molar-refractivity contribution in [3.05, 3.63) is 53.7 Å². The first kappa shape index (κ1) is 22.1. The molecule has 8 nitrogen and oxygen atoms in total. The lowest BCUT2D eigenvalue weighted by molar-refractivity contribution is 0.249. The fourth-order valence-electron chi connectivity index (χ4n) is 3.76. The van der Waals surface area contributed by atoms with Gasteiger partial charge in [-0.25, -0.2) is 4.98 Å². The number of anilines is 5. The van der Waals surface area contributed by atoms with E-state index in [4.69, 9.17) is 21.3 Å². The molecule has 1 aliphatic heterocycles. The van der Waals surface area contributed by atoms with Crippen molar-refractivity contribution < 1.29 is 4.74 Å². The van der Waals surface area contributed by atoms with E-state index < -0.39 is 0 Å². The van der Waals surface area contributed by atoms with Crippen LogP contribution in [0.15, 0.2) is 48.7 Å². The van der Waals surface area contributed by atoms with Gasteiger partial charge < -0.3 is 25.2 Å². The van der Waals surface area contributed by atoms with Gasteiger partial charge in [0.1, 0.15) is 16.5 Å². The molecule has 0 radical (unpaired) electrons. The number of pyridine rings is 1. The van der Waals surface area contributed by atoms with Crippen molar-refractivity contribution in [2.24, 2.45) is 0 Å². The van der Waals surface area contributed by atoms with Crippen molar-refractivity contribution in [1.29, 1.82) is 0 Å². The lowest BCUT2D eigenvalue weighted by Gasteiger charge is -2.36. The second kappa shape index (κ2) is 10.0. The number of hydrogen-bond donors (Lipinski definition) is 2. The number of ether oxygens (including phenoxy) is 1. The molecule has 0 saturated carbocycles. The van der Waals surface area contributed by atoms with Crippen molar-refractivity contribution in [2.45, 2.75) is 18.9 Å². The van der Waals surface area contributed by atoms with Crippen LogP contribution in [-0.2, 0) is 0 Å². The van der Waals surface area contributed by atoms with Gasteiger partial charge in [-0.2, -0.15) is 9.97 Å². The molecule has 3 heterocycles. The normalized spacial score (nSPS) is 14.5. The Bertz CT molecular complexity index is 1040. The van der Waals surface area contributed by atoms with Crippen LogP contribution in [0.2, 0.25) is 5.02 Å². The monoisotopic (exact) mass is 453 g/mol. The lowest BCUT2D eigenvalue weighted by Crippen LogP contribution is -2.42. The second-order valence-electron chi connectivity index (χ2n) is 7.91. The van der Waals surface area contributed by atoms with Crippen LogP contribution in [0.5, 0.6) is 5.88 Å². The summed E-state index contributed by atoms with van der Waals surface area (Å²) >= 11 is 6.28. The van der Waals surface area contributed by atoms with E-state index in [1.807, 2.05) is 42.5 Å². The Morgan fingerprint density at radius 3 is 2.47 bits per heavy atom. The zero-order chi connectivity index (χ0) is 22.5. The van der Waals surface area contributed by atoms with E-state index >= 15 is 0 Å². The van der Waals surface area contributed by atoms with Crippen molar-refractivity contribution in [3.8, 4) is 5.88 Å². The van der Waals surface area contributed by atoms with Crippen LogP contribution in [0.4, 0.5) is 29.0 Å². The minimum Gasteiger partial charge on any atom is -0.479 e. The summed E-state index contributed by atoms with van der Waals surface area (Å²) in [6.45, 7) is 1.95. The first-order valence-corrected chi connectivity index (χ1v) is 11.0. The maximum absolute atomic E-state index is 6.28. The molecule has 0 amide bonds. The number of hydrogen-bond acceptors (Lipinski definition) is 8. The number of benzene rings is 1. The molecular weight excluding hydrogens is 426 g/mol. The van der Waals surface area contributed by atoms with Crippen LogP contribution in [-0.4, -0.2) is 60.2 Å². The summed E-state index contributed by atoms with van der Waals surface area (Å²) in [5.41, 5.74) is 1.58. The molecule has 168 valence electrons. The van der Waals surface area contributed by atoms with Crippen LogP contribution in [0.1, 0.15) is 12.8 Å². The highest BCUT2D eigenvalue weighted by Gasteiger charge is 2.22. The third kappa shape index (κ3) is 5.20. The van der Waals surface area contributed by atoms with E-state index in [9.17, 15) is 0 Å². The standard InChI is InChI=1S/C23H28ClN7O/c1-30(2)17-11-13-31(14-12-17)20-10-9-19(22(28-20)32-3)27-23-25-15-18(24)21(29-23)26-16-7-5-4-6-8-16/h4-10,15,17H,11-14H2,1-3H3,(H2,25,26,27,29). The summed E-state index contributed by atoms with van der Waals surface area (Å²) in [5.74, 6) is 2.32. The molecule has 2 N–H and O–H groups in total. The fourth-order valence-corrected chi connectivity index (χ4v) is 3.90. The van der Waals surface area contributed by atoms with Gasteiger partial charge in [-0.1, -0.05) is 29.8 Å². The molecule has 0 atom stereocenters. The van der Waals surface area contributed by atoms with Crippen LogP contribution in [0, 0.1) is 0 Å². The molecule has 1 aliphatic rings. The summed E-state index contributed by atoms with van der Waals surface area (Å²) in [6, 6.07) is 14.3. The van der Waals surface area contributed by atoms with E-state index in [1.54, 1.807) is 13.3 Å². The number of nitrogens with zero attached hydrogens (tertiary/aromatic N) is 5. The van der Waals surface area contributed by atoms with E-state index in [1.165, 1.54) is 0 Å². The van der Waals surface area contributed by atoms with Gasteiger partial charge >= 0.3 is 0 Å². The smallest absolute Gasteiger partial charge is 0.239 e. The zero-order valence-corrected chi connectivity index (χ0v) is 19.3. The Kier molecular flexibility index (Phi) is 6.92. The Balaban J connectivity index is 1.49. The summed E-state index contributed by atoms with van der Waals surface area (Å²) in [5, 5.41) is 6.84. The van der Waals surface area contributed by atoms with E-state index in [0.29, 0.717) is 34.4 Å². The fraction of sp³-hybridized carbons (Fsp3) is 0.348. The van der Waals surface area contributed by atoms with Gasteiger partial charge in [-0.05, 0) is 51.2 Å². The second-order valence-corrected chi connectivity index (χ2v) is 8.32. The average Bonchev–Trinajstić information content (AvgIpc) is 2.82. The molecule has 1 fully saturated rings. The first-order chi connectivity index (χ1) is 15.5.